The van der Waals surface area contributed by atoms with Crippen LogP contribution < -0.4 is 4.90 Å². The van der Waals surface area contributed by atoms with Gasteiger partial charge in [-0.15, -0.1) is 22.7 Å². The molecule has 1 unspecified atom stereocenters. The molecule has 0 N–H and O–H groups in total. The van der Waals surface area contributed by atoms with Crippen molar-refractivity contribution in [2.45, 2.75) is 26.4 Å². The number of hydrogen-bond donors (Lipinski definition) is 0. The monoisotopic (exact) mass is 333 g/mol. The fraction of sp³-hybridized carbons (Fsp3) is 0.467. The molecule has 5 nitrogen and oxygen atoms in total. The Bertz CT molecular complexity index is 745. The summed E-state index contributed by atoms with van der Waals surface area (Å²) in [6.45, 7) is 8.44. The van der Waals surface area contributed by atoms with Crippen molar-refractivity contribution in [3.8, 4) is 0 Å². The van der Waals surface area contributed by atoms with Gasteiger partial charge in [0.15, 0.2) is 10.1 Å². The summed E-state index contributed by atoms with van der Waals surface area (Å²) in [5.74, 6) is 0. The predicted octanol–water partition coefficient (Wildman–Crippen LogP) is 2.87. The summed E-state index contributed by atoms with van der Waals surface area (Å²) < 4.78 is 2.11. The van der Waals surface area contributed by atoms with Crippen LogP contribution in [0.5, 0.6) is 0 Å². The first-order valence-corrected chi connectivity index (χ1v) is 9.27. The van der Waals surface area contributed by atoms with Crippen molar-refractivity contribution in [1.82, 2.24) is 19.3 Å². The fourth-order valence-corrected chi connectivity index (χ4v) is 4.67. The summed E-state index contributed by atoms with van der Waals surface area (Å²) in [4.78, 5) is 15.3. The summed E-state index contributed by atoms with van der Waals surface area (Å²) in [6.07, 6.45) is 4.22. The Morgan fingerprint density at radius 2 is 2.18 bits per heavy atom. The second-order valence-corrected chi connectivity index (χ2v) is 7.58. The topological polar surface area (TPSA) is 36.7 Å². The van der Waals surface area contributed by atoms with Crippen LogP contribution in [0.2, 0.25) is 0 Å². The molecule has 1 atom stereocenters. The van der Waals surface area contributed by atoms with E-state index in [1.807, 2.05) is 0 Å². The van der Waals surface area contributed by atoms with Crippen LogP contribution >= 0.6 is 22.7 Å². The van der Waals surface area contributed by atoms with Gasteiger partial charge in [-0.1, -0.05) is 0 Å². The molecule has 0 spiro atoms. The number of fused-ring (bicyclic) bond motifs is 1. The molecule has 4 rings (SSSR count). The molecular formula is C15H19N5S2. The first kappa shape index (κ1) is 14.2. The van der Waals surface area contributed by atoms with Crippen molar-refractivity contribution in [2.24, 2.45) is 0 Å². The lowest BCUT2D eigenvalue weighted by Gasteiger charge is -2.39. The SMILES string of the molecule is Cc1csc(N2CCN(Cc3cn4ccsc4n3)CC2C)n1. The molecule has 3 aromatic heterocycles. The average Bonchev–Trinajstić information content (AvgIpc) is 3.15. The first-order chi connectivity index (χ1) is 10.7. The summed E-state index contributed by atoms with van der Waals surface area (Å²) in [6, 6.07) is 0.489. The van der Waals surface area contributed by atoms with E-state index in [1.165, 1.54) is 0 Å². The lowest BCUT2D eigenvalue weighted by atomic mass is 10.2. The molecule has 0 bridgehead atoms. The van der Waals surface area contributed by atoms with E-state index in [2.05, 4.69) is 61.2 Å². The first-order valence-electron chi connectivity index (χ1n) is 7.51. The van der Waals surface area contributed by atoms with E-state index in [1.54, 1.807) is 22.7 Å². The zero-order valence-electron chi connectivity index (χ0n) is 12.8. The van der Waals surface area contributed by atoms with Crippen molar-refractivity contribution in [2.75, 3.05) is 24.5 Å². The molecule has 0 aromatic carbocycles. The van der Waals surface area contributed by atoms with E-state index < -0.39 is 0 Å². The molecule has 0 amide bonds. The Labute approximate surface area is 137 Å². The van der Waals surface area contributed by atoms with Crippen LogP contribution in [-0.4, -0.2) is 44.9 Å². The highest BCUT2D eigenvalue weighted by atomic mass is 32.1. The zero-order chi connectivity index (χ0) is 15.1. The highest BCUT2D eigenvalue weighted by Gasteiger charge is 2.26. The third-order valence-electron chi connectivity index (χ3n) is 4.09. The predicted molar refractivity (Wildman–Crippen MR) is 92.0 cm³/mol. The fourth-order valence-electron chi connectivity index (χ4n) is 3.02. The quantitative estimate of drug-likeness (QED) is 0.738. The molecule has 4 heterocycles. The third-order valence-corrected chi connectivity index (χ3v) is 5.86. The van der Waals surface area contributed by atoms with Gasteiger partial charge >= 0.3 is 0 Å². The van der Waals surface area contributed by atoms with Crippen molar-refractivity contribution >= 4 is 32.8 Å². The van der Waals surface area contributed by atoms with Crippen LogP contribution in [0.1, 0.15) is 18.3 Å². The van der Waals surface area contributed by atoms with Crippen LogP contribution in [0.25, 0.3) is 4.96 Å². The molecule has 0 saturated carbocycles. The van der Waals surface area contributed by atoms with Gasteiger partial charge in [-0.2, -0.15) is 0 Å². The van der Waals surface area contributed by atoms with E-state index in [9.17, 15) is 0 Å². The van der Waals surface area contributed by atoms with Gasteiger partial charge in [0.1, 0.15) is 0 Å². The summed E-state index contributed by atoms with van der Waals surface area (Å²) >= 11 is 3.44. The number of rotatable bonds is 3. The molecular weight excluding hydrogens is 314 g/mol. The van der Waals surface area contributed by atoms with Crippen LogP contribution in [0, 0.1) is 6.92 Å². The second-order valence-electron chi connectivity index (χ2n) is 5.87. The number of thiazole rings is 2. The molecule has 116 valence electrons. The van der Waals surface area contributed by atoms with E-state index in [0.29, 0.717) is 6.04 Å². The van der Waals surface area contributed by atoms with Gasteiger partial charge in [0.25, 0.3) is 0 Å². The lowest BCUT2D eigenvalue weighted by molar-refractivity contribution is 0.219. The number of aryl methyl sites for hydroxylation is 1. The second kappa shape index (κ2) is 5.64. The molecule has 0 radical (unpaired) electrons. The summed E-state index contributed by atoms with van der Waals surface area (Å²) in [7, 11) is 0. The minimum Gasteiger partial charge on any atom is -0.343 e. The Morgan fingerprint density at radius 1 is 1.27 bits per heavy atom. The van der Waals surface area contributed by atoms with Crippen LogP contribution in [0.3, 0.4) is 0 Å². The van der Waals surface area contributed by atoms with Crippen LogP contribution in [-0.2, 0) is 6.54 Å². The van der Waals surface area contributed by atoms with Gasteiger partial charge in [-0.3, -0.25) is 9.30 Å². The van der Waals surface area contributed by atoms with Crippen molar-refractivity contribution in [3.63, 3.8) is 0 Å². The zero-order valence-corrected chi connectivity index (χ0v) is 14.4. The number of nitrogens with zero attached hydrogens (tertiary/aromatic N) is 5. The van der Waals surface area contributed by atoms with E-state index in [4.69, 9.17) is 0 Å². The van der Waals surface area contributed by atoms with Gasteiger partial charge in [-0.25, -0.2) is 9.97 Å². The van der Waals surface area contributed by atoms with Crippen molar-refractivity contribution in [3.05, 3.63) is 34.5 Å². The maximum atomic E-state index is 4.69. The maximum Gasteiger partial charge on any atom is 0.193 e. The molecule has 1 saturated heterocycles. The number of anilines is 1. The largest absolute Gasteiger partial charge is 0.343 e. The molecule has 0 aliphatic carbocycles. The average molecular weight is 333 g/mol. The van der Waals surface area contributed by atoms with E-state index in [0.717, 1.165) is 47.7 Å². The maximum absolute atomic E-state index is 4.69. The Balaban J connectivity index is 1.42. The normalized spacial score (nSPS) is 20.1. The molecule has 1 aliphatic heterocycles. The van der Waals surface area contributed by atoms with Gasteiger partial charge in [0.2, 0.25) is 0 Å². The minimum absolute atomic E-state index is 0.489. The third kappa shape index (κ3) is 2.64. The molecule has 1 fully saturated rings. The van der Waals surface area contributed by atoms with E-state index >= 15 is 0 Å². The van der Waals surface area contributed by atoms with Gasteiger partial charge in [0, 0.05) is 55.4 Å². The standard InChI is InChI=1S/C15H19N5S2/c1-11-10-22-15(16-11)20-4-3-18(7-12(20)2)8-13-9-19-5-6-21-14(19)17-13/h5-6,9-10,12H,3-4,7-8H2,1-2H3. The van der Waals surface area contributed by atoms with Crippen molar-refractivity contribution in [1.29, 1.82) is 0 Å². The summed E-state index contributed by atoms with van der Waals surface area (Å²) in [5, 5.41) is 5.36. The highest BCUT2D eigenvalue weighted by molar-refractivity contribution is 7.15. The van der Waals surface area contributed by atoms with Gasteiger partial charge in [-0.05, 0) is 13.8 Å². The van der Waals surface area contributed by atoms with Crippen molar-refractivity contribution < 1.29 is 0 Å². The smallest absolute Gasteiger partial charge is 0.193 e. The van der Waals surface area contributed by atoms with Crippen LogP contribution in [0.15, 0.2) is 23.2 Å². The highest BCUT2D eigenvalue weighted by Crippen LogP contribution is 2.25. The summed E-state index contributed by atoms with van der Waals surface area (Å²) in [5.41, 5.74) is 2.28. The Kier molecular flexibility index (Phi) is 3.63. The number of aromatic nitrogens is 3. The lowest BCUT2D eigenvalue weighted by Crippen LogP contribution is -2.51. The van der Waals surface area contributed by atoms with Gasteiger partial charge < -0.3 is 4.90 Å². The number of hydrogen-bond acceptors (Lipinski definition) is 6. The number of imidazole rings is 1. The molecule has 22 heavy (non-hydrogen) atoms. The molecule has 1 aliphatic rings. The molecule has 3 aromatic rings. The minimum atomic E-state index is 0.489. The van der Waals surface area contributed by atoms with E-state index in [-0.39, 0.29) is 0 Å². The van der Waals surface area contributed by atoms with Crippen LogP contribution in [0.4, 0.5) is 5.13 Å². The molecule has 7 heteroatoms. The Morgan fingerprint density at radius 3 is 2.91 bits per heavy atom. The number of piperazine rings is 1. The Hall–Kier alpha value is -1.44. The van der Waals surface area contributed by atoms with Gasteiger partial charge in [0.05, 0.1) is 11.4 Å².